The number of amides is 1. The van der Waals surface area contributed by atoms with E-state index >= 15 is 0 Å². The van der Waals surface area contributed by atoms with E-state index in [0.29, 0.717) is 4.96 Å². The summed E-state index contributed by atoms with van der Waals surface area (Å²) in [6.07, 6.45) is 3.00. The lowest BCUT2D eigenvalue weighted by Crippen LogP contribution is -2.23. The molecule has 118 valence electrons. The van der Waals surface area contributed by atoms with E-state index in [9.17, 15) is 14.0 Å². The Morgan fingerprint density at radius 1 is 1.35 bits per heavy atom. The number of aryl methyl sites for hydroxylation is 1. The molecule has 0 unspecified atom stereocenters. The Morgan fingerprint density at radius 2 is 2.09 bits per heavy atom. The average Bonchev–Trinajstić information content (AvgIpc) is 2.95. The quantitative estimate of drug-likeness (QED) is 0.796. The average molecular weight is 332 g/mol. The molecule has 0 atom stereocenters. The first kappa shape index (κ1) is 15.3. The van der Waals surface area contributed by atoms with E-state index in [0.717, 1.165) is 17.8 Å². The summed E-state index contributed by atoms with van der Waals surface area (Å²) in [7, 11) is 0. The van der Waals surface area contributed by atoms with Gasteiger partial charge in [-0.15, -0.1) is 0 Å². The fraction of sp³-hybridized carbons (Fsp3) is 0.200. The number of fused-ring (bicyclic) bond motifs is 1. The summed E-state index contributed by atoms with van der Waals surface area (Å²) in [4.78, 5) is 29.1. The Labute approximate surface area is 134 Å². The standard InChI is InChI=1S/C15H13FN4O2S/c1-2-3-12-19-20-14(22)11(8-17-15(20)23-12)18-13(21)9-4-6-10(16)7-5-9/h4-8H,2-3H2,1H3,(H,18,21). The summed E-state index contributed by atoms with van der Waals surface area (Å²) in [6.45, 7) is 2.02. The lowest BCUT2D eigenvalue weighted by atomic mass is 10.2. The maximum Gasteiger partial charge on any atom is 0.298 e. The lowest BCUT2D eigenvalue weighted by Gasteiger charge is -2.04. The van der Waals surface area contributed by atoms with Crippen molar-refractivity contribution in [1.29, 1.82) is 0 Å². The van der Waals surface area contributed by atoms with Crippen LogP contribution in [-0.4, -0.2) is 20.5 Å². The van der Waals surface area contributed by atoms with Gasteiger partial charge in [-0.2, -0.15) is 9.61 Å². The third-order valence-corrected chi connectivity index (χ3v) is 4.13. The molecule has 0 spiro atoms. The Bertz CT molecular complexity index is 917. The molecule has 0 bridgehead atoms. The van der Waals surface area contributed by atoms with Crippen LogP contribution in [0.5, 0.6) is 0 Å². The molecular weight excluding hydrogens is 319 g/mol. The fourth-order valence-electron chi connectivity index (χ4n) is 2.02. The number of carbonyl (C=O) groups excluding carboxylic acids is 1. The molecule has 3 rings (SSSR count). The van der Waals surface area contributed by atoms with Gasteiger partial charge in [0.05, 0.1) is 6.20 Å². The molecule has 0 aliphatic heterocycles. The van der Waals surface area contributed by atoms with Gasteiger partial charge in [-0.25, -0.2) is 9.37 Å². The number of benzene rings is 1. The smallest absolute Gasteiger partial charge is 0.298 e. The summed E-state index contributed by atoms with van der Waals surface area (Å²) in [5, 5.41) is 7.52. The molecule has 0 fully saturated rings. The van der Waals surface area contributed by atoms with Crippen molar-refractivity contribution in [3.8, 4) is 0 Å². The summed E-state index contributed by atoms with van der Waals surface area (Å²) < 4.78 is 14.1. The second-order valence-electron chi connectivity index (χ2n) is 4.88. The van der Waals surface area contributed by atoms with Gasteiger partial charge in [-0.1, -0.05) is 18.3 Å². The Morgan fingerprint density at radius 3 is 2.78 bits per heavy atom. The van der Waals surface area contributed by atoms with E-state index in [2.05, 4.69) is 15.4 Å². The minimum Gasteiger partial charge on any atom is -0.316 e. The number of nitrogens with one attached hydrogen (secondary N) is 1. The molecular formula is C15H13FN4O2S. The maximum atomic E-state index is 12.9. The number of aromatic nitrogens is 3. The molecule has 2 aromatic heterocycles. The highest BCUT2D eigenvalue weighted by Crippen LogP contribution is 2.14. The summed E-state index contributed by atoms with van der Waals surface area (Å²) in [5.74, 6) is -0.941. The van der Waals surface area contributed by atoms with Gasteiger partial charge in [-0.3, -0.25) is 9.59 Å². The molecule has 0 radical (unpaired) electrons. The van der Waals surface area contributed by atoms with Crippen LogP contribution in [0, 0.1) is 5.82 Å². The van der Waals surface area contributed by atoms with Gasteiger partial charge < -0.3 is 5.32 Å². The second kappa shape index (κ2) is 6.25. The van der Waals surface area contributed by atoms with Crippen LogP contribution in [0.3, 0.4) is 0 Å². The van der Waals surface area contributed by atoms with Gasteiger partial charge in [0.2, 0.25) is 4.96 Å². The Kier molecular flexibility index (Phi) is 4.16. The van der Waals surface area contributed by atoms with Crippen molar-refractivity contribution in [2.24, 2.45) is 0 Å². The Hall–Kier alpha value is -2.61. The van der Waals surface area contributed by atoms with Gasteiger partial charge in [0.25, 0.3) is 11.5 Å². The van der Waals surface area contributed by atoms with Gasteiger partial charge in [0, 0.05) is 12.0 Å². The monoisotopic (exact) mass is 332 g/mol. The van der Waals surface area contributed by atoms with Crippen molar-refractivity contribution in [2.75, 3.05) is 5.32 Å². The molecule has 6 nitrogen and oxygen atoms in total. The predicted molar refractivity (Wildman–Crippen MR) is 85.5 cm³/mol. The highest BCUT2D eigenvalue weighted by molar-refractivity contribution is 7.16. The third kappa shape index (κ3) is 3.11. The van der Waals surface area contributed by atoms with Crippen LogP contribution in [0.25, 0.3) is 4.96 Å². The van der Waals surface area contributed by atoms with Crippen molar-refractivity contribution in [3.05, 3.63) is 57.2 Å². The highest BCUT2D eigenvalue weighted by Gasteiger charge is 2.13. The van der Waals surface area contributed by atoms with Crippen LogP contribution in [0.15, 0.2) is 35.3 Å². The summed E-state index contributed by atoms with van der Waals surface area (Å²) in [5.41, 5.74) is -0.157. The maximum absolute atomic E-state index is 12.9. The van der Waals surface area contributed by atoms with E-state index in [1.165, 1.54) is 46.3 Å². The zero-order valence-corrected chi connectivity index (χ0v) is 13.1. The van der Waals surface area contributed by atoms with Gasteiger partial charge in [-0.05, 0) is 30.7 Å². The largest absolute Gasteiger partial charge is 0.316 e. The highest BCUT2D eigenvalue weighted by atomic mass is 32.1. The molecule has 0 saturated heterocycles. The molecule has 0 saturated carbocycles. The first-order valence-electron chi connectivity index (χ1n) is 7.03. The molecule has 8 heteroatoms. The van der Waals surface area contributed by atoms with Crippen molar-refractivity contribution in [1.82, 2.24) is 14.6 Å². The second-order valence-corrected chi connectivity index (χ2v) is 5.92. The molecule has 1 aromatic carbocycles. The first-order valence-corrected chi connectivity index (χ1v) is 7.85. The molecule has 23 heavy (non-hydrogen) atoms. The number of nitrogens with zero attached hydrogens (tertiary/aromatic N) is 3. The van der Waals surface area contributed by atoms with E-state index in [-0.39, 0.29) is 11.3 Å². The molecule has 0 aliphatic carbocycles. The molecule has 0 aliphatic rings. The molecule has 1 N–H and O–H groups in total. The number of anilines is 1. The van der Waals surface area contributed by atoms with Crippen molar-refractivity contribution >= 4 is 27.9 Å². The summed E-state index contributed by atoms with van der Waals surface area (Å²) >= 11 is 1.35. The van der Waals surface area contributed by atoms with Crippen LogP contribution < -0.4 is 10.9 Å². The molecule has 2 heterocycles. The fourth-order valence-corrected chi connectivity index (χ4v) is 2.98. The van der Waals surface area contributed by atoms with E-state index in [4.69, 9.17) is 0 Å². The van der Waals surface area contributed by atoms with Gasteiger partial charge in [0.15, 0.2) is 0 Å². The normalized spacial score (nSPS) is 10.9. The molecule has 3 aromatic rings. The number of carbonyl (C=O) groups is 1. The van der Waals surface area contributed by atoms with Crippen LogP contribution in [0.1, 0.15) is 28.7 Å². The number of halogens is 1. The summed E-state index contributed by atoms with van der Waals surface area (Å²) in [6, 6.07) is 5.05. The van der Waals surface area contributed by atoms with E-state index in [1.54, 1.807) is 0 Å². The SMILES string of the molecule is CCCc1nn2c(=O)c(NC(=O)c3ccc(F)cc3)cnc2s1. The van der Waals surface area contributed by atoms with Gasteiger partial charge in [0.1, 0.15) is 16.5 Å². The van der Waals surface area contributed by atoms with Crippen LogP contribution in [0.4, 0.5) is 10.1 Å². The molecule has 1 amide bonds. The number of hydrogen-bond acceptors (Lipinski definition) is 5. The number of hydrogen-bond donors (Lipinski definition) is 1. The van der Waals surface area contributed by atoms with Crippen molar-refractivity contribution in [3.63, 3.8) is 0 Å². The van der Waals surface area contributed by atoms with Crippen molar-refractivity contribution in [2.45, 2.75) is 19.8 Å². The van der Waals surface area contributed by atoms with Crippen molar-refractivity contribution < 1.29 is 9.18 Å². The third-order valence-electron chi connectivity index (χ3n) is 3.15. The zero-order valence-electron chi connectivity index (χ0n) is 12.2. The minimum absolute atomic E-state index is 0.0326. The Balaban J connectivity index is 1.90. The predicted octanol–water partition coefficient (Wildman–Crippen LogP) is 2.49. The van der Waals surface area contributed by atoms with Crippen LogP contribution >= 0.6 is 11.3 Å². The van der Waals surface area contributed by atoms with Crippen LogP contribution in [-0.2, 0) is 6.42 Å². The zero-order chi connectivity index (χ0) is 16.4. The van der Waals surface area contributed by atoms with Gasteiger partial charge >= 0.3 is 0 Å². The lowest BCUT2D eigenvalue weighted by molar-refractivity contribution is 0.102. The topological polar surface area (TPSA) is 76.4 Å². The van der Waals surface area contributed by atoms with E-state index in [1.807, 2.05) is 6.92 Å². The van der Waals surface area contributed by atoms with Crippen LogP contribution in [0.2, 0.25) is 0 Å². The first-order chi connectivity index (χ1) is 11.1. The van der Waals surface area contributed by atoms with E-state index < -0.39 is 17.3 Å². The minimum atomic E-state index is -0.507. The number of rotatable bonds is 4.